The normalized spacial score (nSPS) is 19.0. The van der Waals surface area contributed by atoms with Crippen LogP contribution in [0.25, 0.3) is 0 Å². The average molecular weight is 354 g/mol. The largest absolute Gasteiger partial charge is 0.491 e. The van der Waals surface area contributed by atoms with E-state index < -0.39 is 0 Å². The molecular weight excluding hydrogens is 331 g/mol. The molecule has 5 nitrogen and oxygen atoms in total. The number of aromatic nitrogens is 2. The van der Waals surface area contributed by atoms with Gasteiger partial charge in [0, 0.05) is 30.6 Å². The zero-order valence-corrected chi connectivity index (χ0v) is 15.2. The van der Waals surface area contributed by atoms with Crippen LogP contribution in [0.2, 0.25) is 0 Å². The van der Waals surface area contributed by atoms with E-state index >= 15 is 0 Å². The van der Waals surface area contributed by atoms with Crippen molar-refractivity contribution in [2.75, 3.05) is 24.7 Å². The molecule has 1 aromatic carbocycles. The lowest BCUT2D eigenvalue weighted by Gasteiger charge is -2.17. The van der Waals surface area contributed by atoms with Crippen LogP contribution < -0.4 is 9.64 Å². The summed E-state index contributed by atoms with van der Waals surface area (Å²) in [5, 5.41) is 0. The first kappa shape index (κ1) is 16.9. The maximum absolute atomic E-state index is 12.9. The van der Waals surface area contributed by atoms with Crippen molar-refractivity contribution in [3.63, 3.8) is 0 Å². The second kappa shape index (κ2) is 7.02. The van der Waals surface area contributed by atoms with Crippen LogP contribution in [-0.4, -0.2) is 41.5 Å². The molecule has 2 aliphatic heterocycles. The molecule has 0 aliphatic carbocycles. The maximum Gasteiger partial charge on any atom is 0.132 e. The maximum atomic E-state index is 12.9. The number of fused-ring (bicyclic) bond motifs is 1. The smallest absolute Gasteiger partial charge is 0.132 e. The molecule has 1 saturated heterocycles. The fourth-order valence-electron chi connectivity index (χ4n) is 3.54. The van der Waals surface area contributed by atoms with Crippen molar-refractivity contribution in [2.45, 2.75) is 32.9 Å². The Morgan fingerprint density at radius 1 is 1.27 bits per heavy atom. The van der Waals surface area contributed by atoms with Gasteiger partial charge in [-0.15, -0.1) is 0 Å². The lowest BCUT2D eigenvalue weighted by molar-refractivity contribution is 0.242. The molecule has 1 fully saturated rings. The van der Waals surface area contributed by atoms with E-state index in [1.807, 2.05) is 32.0 Å². The number of halogens is 1. The third-order valence-electron chi connectivity index (χ3n) is 4.84. The van der Waals surface area contributed by atoms with Crippen molar-refractivity contribution < 1.29 is 9.13 Å². The van der Waals surface area contributed by atoms with Gasteiger partial charge in [0.1, 0.15) is 17.9 Å². The van der Waals surface area contributed by atoms with Gasteiger partial charge in [0.25, 0.3) is 0 Å². The summed E-state index contributed by atoms with van der Waals surface area (Å²) in [6.45, 7) is 5.95. The quantitative estimate of drug-likeness (QED) is 0.826. The van der Waals surface area contributed by atoms with Gasteiger partial charge in [0.2, 0.25) is 0 Å². The Bertz CT molecular complexity index is 836. The highest BCUT2D eigenvalue weighted by Crippen LogP contribution is 2.28. The Labute approximate surface area is 152 Å². The summed E-state index contributed by atoms with van der Waals surface area (Å²) in [6, 6.07) is 8.06. The van der Waals surface area contributed by atoms with Gasteiger partial charge in [-0.25, -0.2) is 9.97 Å². The van der Waals surface area contributed by atoms with Gasteiger partial charge in [-0.2, -0.15) is 0 Å². The molecule has 4 rings (SSSR count). The summed E-state index contributed by atoms with van der Waals surface area (Å²) in [7, 11) is 0. The third kappa shape index (κ3) is 3.28. The summed E-state index contributed by atoms with van der Waals surface area (Å²) < 4.78 is 18.7. The van der Waals surface area contributed by atoms with E-state index in [4.69, 9.17) is 4.74 Å². The van der Waals surface area contributed by atoms with Crippen molar-refractivity contribution in [1.82, 2.24) is 9.97 Å². The number of benzene rings is 1. The van der Waals surface area contributed by atoms with Crippen molar-refractivity contribution in [3.8, 4) is 5.75 Å². The first-order valence-corrected chi connectivity index (χ1v) is 9.11. The lowest BCUT2D eigenvalue weighted by atomic mass is 10.0. The number of nitrogens with zero attached hydrogens (tertiary/aromatic N) is 4. The first-order chi connectivity index (χ1) is 12.6. The molecule has 0 spiro atoms. The van der Waals surface area contributed by atoms with Crippen LogP contribution in [0.4, 0.5) is 10.2 Å². The predicted molar refractivity (Wildman–Crippen MR) is 99.9 cm³/mol. The summed E-state index contributed by atoms with van der Waals surface area (Å²) in [6.07, 6.45) is 2.57. The average Bonchev–Trinajstić information content (AvgIpc) is 3.28. The van der Waals surface area contributed by atoms with Crippen LogP contribution in [0, 0.1) is 5.92 Å². The van der Waals surface area contributed by atoms with E-state index in [1.54, 1.807) is 6.33 Å². The Morgan fingerprint density at radius 3 is 2.92 bits per heavy atom. The van der Waals surface area contributed by atoms with Crippen molar-refractivity contribution in [1.29, 1.82) is 0 Å². The van der Waals surface area contributed by atoms with Crippen LogP contribution in [0.3, 0.4) is 0 Å². The van der Waals surface area contributed by atoms with Crippen LogP contribution in [0.1, 0.15) is 37.1 Å². The summed E-state index contributed by atoms with van der Waals surface area (Å²) in [5.41, 5.74) is 3.92. The molecule has 0 bridgehead atoms. The molecule has 1 atom stereocenters. The predicted octanol–water partition coefficient (Wildman–Crippen LogP) is 3.41. The number of anilines is 1. The molecule has 1 unspecified atom stereocenters. The Morgan fingerprint density at radius 2 is 2.15 bits per heavy atom. The molecular formula is C20H23FN4O. The number of alkyl halides is 1. The summed E-state index contributed by atoms with van der Waals surface area (Å²) in [5.74, 6) is 1.79. The molecule has 6 heteroatoms. The molecule has 0 amide bonds. The van der Waals surface area contributed by atoms with Crippen molar-refractivity contribution >= 4 is 11.5 Å². The molecule has 1 aromatic heterocycles. The van der Waals surface area contributed by atoms with Gasteiger partial charge in [-0.3, -0.25) is 9.38 Å². The van der Waals surface area contributed by atoms with Crippen LogP contribution in [-0.2, 0) is 6.54 Å². The monoisotopic (exact) mass is 354 g/mol. The Balaban J connectivity index is 1.61. The summed E-state index contributed by atoms with van der Waals surface area (Å²) in [4.78, 5) is 15.6. The van der Waals surface area contributed by atoms with Gasteiger partial charge in [-0.05, 0) is 38.0 Å². The van der Waals surface area contributed by atoms with Crippen LogP contribution in [0.15, 0.2) is 35.6 Å². The van der Waals surface area contributed by atoms with E-state index in [1.165, 1.54) is 5.56 Å². The van der Waals surface area contributed by atoms with Crippen LogP contribution in [0.5, 0.6) is 5.75 Å². The Hall–Kier alpha value is -2.50. The van der Waals surface area contributed by atoms with Crippen molar-refractivity contribution in [2.24, 2.45) is 10.9 Å². The fraction of sp³-hybridized carbons (Fsp3) is 0.450. The molecule has 136 valence electrons. The van der Waals surface area contributed by atoms with Gasteiger partial charge < -0.3 is 9.64 Å². The van der Waals surface area contributed by atoms with E-state index in [0.717, 1.165) is 41.5 Å². The highest BCUT2D eigenvalue weighted by Gasteiger charge is 2.25. The van der Waals surface area contributed by atoms with Gasteiger partial charge in [-0.1, -0.05) is 6.07 Å². The zero-order valence-electron chi connectivity index (χ0n) is 15.2. The van der Waals surface area contributed by atoms with E-state index in [9.17, 15) is 4.39 Å². The summed E-state index contributed by atoms with van der Waals surface area (Å²) >= 11 is 0. The molecule has 2 aliphatic rings. The molecule has 0 saturated carbocycles. The molecule has 0 radical (unpaired) electrons. The molecule has 2 aromatic rings. The van der Waals surface area contributed by atoms with E-state index in [2.05, 4.69) is 25.9 Å². The van der Waals surface area contributed by atoms with E-state index in [0.29, 0.717) is 13.1 Å². The second-order valence-corrected chi connectivity index (χ2v) is 7.17. The number of ether oxygens (including phenoxy) is 1. The standard InChI is InChI=1S/C20H23FN4O/c1-13(2)26-16-4-3-15-10-22-20(17(15)7-16)18-8-19(24-12-23-18)25-6-5-14(9-21)11-25/h3-4,7-8,12-14H,5-6,9-11H2,1-2H3. The Kier molecular flexibility index (Phi) is 4.57. The molecule has 0 N–H and O–H groups in total. The minimum Gasteiger partial charge on any atom is -0.491 e. The highest BCUT2D eigenvalue weighted by atomic mass is 19.1. The molecule has 26 heavy (non-hydrogen) atoms. The number of aliphatic imine (C=N–C) groups is 1. The topological polar surface area (TPSA) is 50.6 Å². The lowest BCUT2D eigenvalue weighted by Crippen LogP contribution is -2.22. The van der Waals surface area contributed by atoms with Crippen molar-refractivity contribution in [3.05, 3.63) is 47.4 Å². The number of hydrogen-bond donors (Lipinski definition) is 0. The number of hydrogen-bond acceptors (Lipinski definition) is 5. The SMILES string of the molecule is CC(C)Oc1ccc2c(c1)C(c1cc(N3CCC(CF)C3)ncn1)=NC2. The first-order valence-electron chi connectivity index (χ1n) is 9.11. The van der Waals surface area contributed by atoms with E-state index in [-0.39, 0.29) is 18.7 Å². The van der Waals surface area contributed by atoms with Crippen LogP contribution >= 0.6 is 0 Å². The highest BCUT2D eigenvalue weighted by molar-refractivity contribution is 6.14. The minimum atomic E-state index is -0.271. The second-order valence-electron chi connectivity index (χ2n) is 7.17. The van der Waals surface area contributed by atoms with Gasteiger partial charge in [0.05, 0.1) is 30.7 Å². The zero-order chi connectivity index (χ0) is 18.1. The van der Waals surface area contributed by atoms with Gasteiger partial charge >= 0.3 is 0 Å². The third-order valence-corrected chi connectivity index (χ3v) is 4.84. The molecule has 3 heterocycles. The van der Waals surface area contributed by atoms with Gasteiger partial charge in [0.15, 0.2) is 0 Å². The number of rotatable bonds is 5. The minimum absolute atomic E-state index is 0.105. The fourth-order valence-corrected chi connectivity index (χ4v) is 3.54.